The average Bonchev–Trinajstić information content (AvgIpc) is 2.47. The van der Waals surface area contributed by atoms with Gasteiger partial charge in [-0.3, -0.25) is 0 Å². The normalized spacial score (nSPS) is 12.0. The van der Waals surface area contributed by atoms with Crippen LogP contribution in [0.5, 0.6) is 0 Å². The van der Waals surface area contributed by atoms with Crippen molar-refractivity contribution < 1.29 is 0 Å². The van der Waals surface area contributed by atoms with Crippen LogP contribution in [-0.2, 0) is 0 Å². The minimum atomic E-state index is 0.355. The van der Waals surface area contributed by atoms with Crippen molar-refractivity contribution >= 4 is 11.4 Å². The molecule has 0 aromatic heterocycles. The van der Waals surface area contributed by atoms with Crippen molar-refractivity contribution in [3.05, 3.63) is 59.7 Å². The first-order chi connectivity index (χ1) is 9.61. The zero-order valence-electron chi connectivity index (χ0n) is 12.9. The van der Waals surface area contributed by atoms with E-state index in [1.165, 1.54) is 22.5 Å². The molecule has 0 aliphatic rings. The van der Waals surface area contributed by atoms with Crippen LogP contribution in [0, 0.1) is 6.92 Å². The highest BCUT2D eigenvalue weighted by Gasteiger charge is 2.09. The van der Waals surface area contributed by atoms with E-state index in [-0.39, 0.29) is 0 Å². The minimum absolute atomic E-state index is 0.355. The predicted molar refractivity (Wildman–Crippen MR) is 88.6 cm³/mol. The van der Waals surface area contributed by atoms with Crippen LogP contribution in [0.4, 0.5) is 11.4 Å². The van der Waals surface area contributed by atoms with Crippen molar-refractivity contribution in [1.82, 2.24) is 0 Å². The van der Waals surface area contributed by atoms with Gasteiger partial charge in [0.2, 0.25) is 0 Å². The van der Waals surface area contributed by atoms with Gasteiger partial charge in [-0.15, -0.1) is 0 Å². The lowest BCUT2D eigenvalue weighted by Crippen LogP contribution is -2.13. The summed E-state index contributed by atoms with van der Waals surface area (Å²) in [6.07, 6.45) is 1.06. The van der Waals surface area contributed by atoms with Crippen LogP contribution in [0.2, 0.25) is 0 Å². The molecule has 2 aromatic carbocycles. The maximum absolute atomic E-state index is 3.64. The lowest BCUT2D eigenvalue weighted by molar-refractivity contribution is 0.749. The van der Waals surface area contributed by atoms with E-state index in [2.05, 4.69) is 86.7 Å². The topological polar surface area (TPSA) is 15.3 Å². The number of anilines is 2. The van der Waals surface area contributed by atoms with Crippen LogP contribution in [0.3, 0.4) is 0 Å². The second-order valence-electron chi connectivity index (χ2n) is 5.41. The van der Waals surface area contributed by atoms with E-state index in [0.717, 1.165) is 6.42 Å². The summed E-state index contributed by atoms with van der Waals surface area (Å²) in [7, 11) is 4.17. The molecule has 0 heterocycles. The quantitative estimate of drug-likeness (QED) is 0.851. The summed E-state index contributed by atoms with van der Waals surface area (Å²) in [4.78, 5) is 2.16. The van der Waals surface area contributed by atoms with Gasteiger partial charge in [0.05, 0.1) is 6.04 Å². The first-order valence-corrected chi connectivity index (χ1v) is 7.21. The van der Waals surface area contributed by atoms with Gasteiger partial charge in [0, 0.05) is 25.5 Å². The Morgan fingerprint density at radius 3 is 2.35 bits per heavy atom. The Bertz CT molecular complexity index is 547. The molecule has 1 unspecified atom stereocenters. The van der Waals surface area contributed by atoms with Crippen LogP contribution < -0.4 is 10.2 Å². The van der Waals surface area contributed by atoms with Crippen LogP contribution in [0.25, 0.3) is 0 Å². The van der Waals surface area contributed by atoms with E-state index < -0.39 is 0 Å². The number of nitrogens with zero attached hydrogens (tertiary/aromatic N) is 1. The van der Waals surface area contributed by atoms with Crippen molar-refractivity contribution in [1.29, 1.82) is 0 Å². The molecule has 0 saturated heterocycles. The lowest BCUT2D eigenvalue weighted by atomic mass is 10.0. The van der Waals surface area contributed by atoms with Gasteiger partial charge >= 0.3 is 0 Å². The Morgan fingerprint density at radius 1 is 1.05 bits per heavy atom. The highest BCUT2D eigenvalue weighted by molar-refractivity contribution is 5.62. The molecule has 1 atom stereocenters. The second kappa shape index (κ2) is 6.47. The third-order valence-electron chi connectivity index (χ3n) is 3.64. The molecule has 0 spiro atoms. The van der Waals surface area contributed by atoms with Crippen LogP contribution in [0.1, 0.15) is 30.5 Å². The van der Waals surface area contributed by atoms with E-state index in [1.807, 2.05) is 0 Å². The van der Waals surface area contributed by atoms with Gasteiger partial charge in [-0.2, -0.15) is 0 Å². The first-order valence-electron chi connectivity index (χ1n) is 7.21. The third kappa shape index (κ3) is 3.32. The van der Waals surface area contributed by atoms with E-state index in [0.29, 0.717) is 6.04 Å². The zero-order valence-corrected chi connectivity index (χ0v) is 12.9. The maximum Gasteiger partial charge on any atom is 0.0511 e. The van der Waals surface area contributed by atoms with Gasteiger partial charge in [0.15, 0.2) is 0 Å². The molecule has 0 amide bonds. The summed E-state index contributed by atoms with van der Waals surface area (Å²) >= 11 is 0. The van der Waals surface area contributed by atoms with Crippen LogP contribution in [0.15, 0.2) is 48.5 Å². The number of benzene rings is 2. The van der Waals surface area contributed by atoms with Crippen molar-refractivity contribution in [2.24, 2.45) is 0 Å². The summed E-state index contributed by atoms with van der Waals surface area (Å²) in [6.45, 7) is 4.36. The van der Waals surface area contributed by atoms with Crippen molar-refractivity contribution in [3.8, 4) is 0 Å². The van der Waals surface area contributed by atoms with Gasteiger partial charge in [-0.1, -0.05) is 43.3 Å². The van der Waals surface area contributed by atoms with Crippen LogP contribution >= 0.6 is 0 Å². The van der Waals surface area contributed by atoms with Gasteiger partial charge in [-0.25, -0.2) is 0 Å². The second-order valence-corrected chi connectivity index (χ2v) is 5.41. The minimum Gasteiger partial charge on any atom is -0.378 e. The third-order valence-corrected chi connectivity index (χ3v) is 3.64. The van der Waals surface area contributed by atoms with E-state index in [1.54, 1.807) is 0 Å². The molecule has 1 N–H and O–H groups in total. The number of hydrogen-bond donors (Lipinski definition) is 1. The first kappa shape index (κ1) is 14.4. The Kier molecular flexibility index (Phi) is 4.67. The zero-order chi connectivity index (χ0) is 14.5. The number of rotatable bonds is 5. The summed E-state index contributed by atoms with van der Waals surface area (Å²) in [5.74, 6) is 0. The molecule has 2 rings (SSSR count). The van der Waals surface area contributed by atoms with E-state index >= 15 is 0 Å². The van der Waals surface area contributed by atoms with Gasteiger partial charge in [0.1, 0.15) is 0 Å². The Balaban J connectivity index is 2.22. The molecule has 0 aliphatic heterocycles. The molecule has 2 heteroatoms. The fourth-order valence-corrected chi connectivity index (χ4v) is 2.49. The fraction of sp³-hybridized carbons (Fsp3) is 0.333. The standard InChI is InChI=1S/C18H24N2/c1-5-17(15-9-7-6-8-10-15)19-16-12-11-14(2)18(13-16)20(3)4/h6-13,17,19H,5H2,1-4H3. The number of hydrogen-bond acceptors (Lipinski definition) is 2. The molecule has 2 aromatic rings. The molecular formula is C18H24N2. The number of aryl methyl sites for hydroxylation is 1. The average molecular weight is 268 g/mol. The monoisotopic (exact) mass is 268 g/mol. The van der Waals surface area contributed by atoms with Gasteiger partial charge < -0.3 is 10.2 Å². The smallest absolute Gasteiger partial charge is 0.0511 e. The molecule has 2 nitrogen and oxygen atoms in total. The molecular weight excluding hydrogens is 244 g/mol. The highest BCUT2D eigenvalue weighted by atomic mass is 15.1. The lowest BCUT2D eigenvalue weighted by Gasteiger charge is -2.22. The molecule has 0 fully saturated rings. The Hall–Kier alpha value is -1.96. The van der Waals surface area contributed by atoms with Crippen molar-refractivity contribution in [3.63, 3.8) is 0 Å². The van der Waals surface area contributed by atoms with Crippen molar-refractivity contribution in [2.45, 2.75) is 26.3 Å². The number of nitrogens with one attached hydrogen (secondary N) is 1. The molecule has 0 bridgehead atoms. The van der Waals surface area contributed by atoms with E-state index in [9.17, 15) is 0 Å². The fourth-order valence-electron chi connectivity index (χ4n) is 2.49. The Morgan fingerprint density at radius 2 is 1.75 bits per heavy atom. The van der Waals surface area contributed by atoms with Crippen LogP contribution in [-0.4, -0.2) is 14.1 Å². The maximum atomic E-state index is 3.64. The molecule has 0 saturated carbocycles. The Labute approximate surface area is 122 Å². The molecule has 0 radical (unpaired) electrons. The van der Waals surface area contributed by atoms with E-state index in [4.69, 9.17) is 0 Å². The predicted octanol–water partition coefficient (Wildman–Crippen LogP) is 4.62. The van der Waals surface area contributed by atoms with Gasteiger partial charge in [0.25, 0.3) is 0 Å². The molecule has 0 aliphatic carbocycles. The molecule has 20 heavy (non-hydrogen) atoms. The largest absolute Gasteiger partial charge is 0.378 e. The van der Waals surface area contributed by atoms with Crippen molar-refractivity contribution in [2.75, 3.05) is 24.3 Å². The molecule has 106 valence electrons. The summed E-state index contributed by atoms with van der Waals surface area (Å²) in [6, 6.07) is 17.5. The van der Waals surface area contributed by atoms with Gasteiger partial charge in [-0.05, 0) is 36.6 Å². The summed E-state index contributed by atoms with van der Waals surface area (Å²) in [5.41, 5.74) is 5.07. The SMILES string of the molecule is CCC(Nc1ccc(C)c(N(C)C)c1)c1ccccc1. The summed E-state index contributed by atoms with van der Waals surface area (Å²) < 4.78 is 0. The highest BCUT2D eigenvalue weighted by Crippen LogP contribution is 2.27. The summed E-state index contributed by atoms with van der Waals surface area (Å²) in [5, 5.41) is 3.64.